The van der Waals surface area contributed by atoms with Crippen molar-refractivity contribution < 1.29 is 24.2 Å². The second-order valence-electron chi connectivity index (χ2n) is 6.08. The molecule has 7 nitrogen and oxygen atoms in total. The first-order valence-electron chi connectivity index (χ1n) is 8.49. The second kappa shape index (κ2) is 9.18. The van der Waals surface area contributed by atoms with Gasteiger partial charge < -0.3 is 20.5 Å². The summed E-state index contributed by atoms with van der Waals surface area (Å²) in [5, 5.41) is 16.1. The van der Waals surface area contributed by atoms with Crippen molar-refractivity contribution in [3.05, 3.63) is 46.2 Å². The molecule has 0 radical (unpaired) electrons. The van der Waals surface area contributed by atoms with Crippen LogP contribution in [0.15, 0.2) is 35.7 Å². The number of hydrogen-bond donors (Lipinski definition) is 3. The minimum Gasteiger partial charge on any atom is -0.493 e. The number of aliphatic carboxylic acids is 1. The molecular formula is C19H22N2O5S. The van der Waals surface area contributed by atoms with Gasteiger partial charge in [0.1, 0.15) is 16.7 Å². The molecule has 1 aromatic carbocycles. The zero-order chi connectivity index (χ0) is 20.0. The number of benzene rings is 1. The Morgan fingerprint density at radius 2 is 1.85 bits per heavy atom. The molecular weight excluding hydrogens is 368 g/mol. The molecule has 1 heterocycles. The number of rotatable bonds is 8. The van der Waals surface area contributed by atoms with E-state index in [1.165, 1.54) is 0 Å². The van der Waals surface area contributed by atoms with Crippen LogP contribution in [-0.2, 0) is 4.79 Å². The molecule has 144 valence electrons. The number of para-hydroxylation sites is 1. The third-order valence-electron chi connectivity index (χ3n) is 3.77. The van der Waals surface area contributed by atoms with Crippen LogP contribution in [0.5, 0.6) is 5.75 Å². The summed E-state index contributed by atoms with van der Waals surface area (Å²) in [6, 6.07) is 7.40. The van der Waals surface area contributed by atoms with Crippen LogP contribution < -0.4 is 15.4 Å². The van der Waals surface area contributed by atoms with Crippen molar-refractivity contribution in [2.75, 3.05) is 11.9 Å². The summed E-state index contributed by atoms with van der Waals surface area (Å²) in [4.78, 5) is 36.6. The summed E-state index contributed by atoms with van der Waals surface area (Å²) >= 11 is 1.12. The summed E-state index contributed by atoms with van der Waals surface area (Å²) < 4.78 is 5.46. The van der Waals surface area contributed by atoms with Gasteiger partial charge in [0.15, 0.2) is 0 Å². The number of carboxylic acid groups (broad SMARTS) is 1. The first-order chi connectivity index (χ1) is 12.8. The van der Waals surface area contributed by atoms with Crippen molar-refractivity contribution in [3.63, 3.8) is 0 Å². The van der Waals surface area contributed by atoms with Crippen molar-refractivity contribution in [3.8, 4) is 5.75 Å². The molecule has 0 aliphatic rings. The van der Waals surface area contributed by atoms with Crippen molar-refractivity contribution in [2.45, 2.75) is 26.8 Å². The van der Waals surface area contributed by atoms with Crippen molar-refractivity contribution in [1.29, 1.82) is 0 Å². The lowest BCUT2D eigenvalue weighted by atomic mass is 10.0. The van der Waals surface area contributed by atoms with Crippen LogP contribution in [-0.4, -0.2) is 35.5 Å². The largest absolute Gasteiger partial charge is 0.493 e. The first-order valence-corrected chi connectivity index (χ1v) is 9.37. The Balaban J connectivity index is 2.18. The molecule has 0 fully saturated rings. The molecule has 0 spiro atoms. The average Bonchev–Trinajstić information content (AvgIpc) is 3.07. The Morgan fingerprint density at radius 3 is 2.48 bits per heavy atom. The molecule has 3 N–H and O–H groups in total. The predicted octanol–water partition coefficient (Wildman–Crippen LogP) is 3.24. The maximum atomic E-state index is 12.6. The summed E-state index contributed by atoms with van der Waals surface area (Å²) in [5.41, 5.74) is 0.671. The van der Waals surface area contributed by atoms with Gasteiger partial charge in [-0.2, -0.15) is 0 Å². The molecule has 0 aliphatic carbocycles. The van der Waals surface area contributed by atoms with E-state index >= 15 is 0 Å². The molecule has 0 aliphatic heterocycles. The first kappa shape index (κ1) is 20.4. The van der Waals surface area contributed by atoms with Gasteiger partial charge in [-0.15, -0.1) is 11.3 Å². The van der Waals surface area contributed by atoms with E-state index < -0.39 is 23.8 Å². The van der Waals surface area contributed by atoms with Gasteiger partial charge in [-0.3, -0.25) is 9.59 Å². The van der Waals surface area contributed by atoms with Crippen LogP contribution in [0.1, 0.15) is 40.8 Å². The predicted molar refractivity (Wildman–Crippen MR) is 104 cm³/mol. The molecule has 2 aromatic rings. The van der Waals surface area contributed by atoms with Gasteiger partial charge in [-0.05, 0) is 36.4 Å². The van der Waals surface area contributed by atoms with E-state index in [4.69, 9.17) is 4.74 Å². The number of carboxylic acids is 1. The number of hydrogen-bond acceptors (Lipinski definition) is 5. The van der Waals surface area contributed by atoms with E-state index in [0.717, 1.165) is 11.3 Å². The molecule has 0 saturated carbocycles. The van der Waals surface area contributed by atoms with E-state index in [0.29, 0.717) is 23.6 Å². The number of amides is 2. The average molecular weight is 390 g/mol. The van der Waals surface area contributed by atoms with Gasteiger partial charge in [-0.1, -0.05) is 26.0 Å². The van der Waals surface area contributed by atoms with Crippen LogP contribution in [0.4, 0.5) is 5.69 Å². The molecule has 8 heteroatoms. The minimum absolute atomic E-state index is 0.240. The fraction of sp³-hybridized carbons (Fsp3) is 0.316. The van der Waals surface area contributed by atoms with Crippen LogP contribution in [0.3, 0.4) is 0 Å². The number of carbonyl (C=O) groups is 3. The zero-order valence-electron chi connectivity index (χ0n) is 15.3. The lowest BCUT2D eigenvalue weighted by Gasteiger charge is -2.18. The summed E-state index contributed by atoms with van der Waals surface area (Å²) in [5.74, 6) is -1.89. The Labute approximate surface area is 161 Å². The smallest absolute Gasteiger partial charge is 0.326 e. The highest BCUT2D eigenvalue weighted by Crippen LogP contribution is 2.25. The monoisotopic (exact) mass is 390 g/mol. The molecule has 27 heavy (non-hydrogen) atoms. The number of thiophene rings is 1. The van der Waals surface area contributed by atoms with E-state index in [1.807, 2.05) is 6.92 Å². The normalized spacial score (nSPS) is 11.7. The van der Waals surface area contributed by atoms with Crippen molar-refractivity contribution in [2.24, 2.45) is 5.92 Å². The number of ether oxygens (including phenoxy) is 1. The molecule has 2 amide bonds. The Kier molecular flexibility index (Phi) is 6.95. The van der Waals surface area contributed by atoms with Crippen molar-refractivity contribution in [1.82, 2.24) is 5.32 Å². The lowest BCUT2D eigenvalue weighted by Crippen LogP contribution is -2.44. The maximum Gasteiger partial charge on any atom is 0.326 e. The molecule has 2 rings (SSSR count). The Morgan fingerprint density at radius 1 is 1.15 bits per heavy atom. The standard InChI is InChI=1S/C19H22N2O5S/c1-4-26-14-8-6-5-7-12(14)17(22)20-13-9-10-27-16(13)18(23)21-15(11(2)3)19(24)25/h5-11,15H,4H2,1-3H3,(H,20,22)(H,21,23)(H,24,25). The summed E-state index contributed by atoms with van der Waals surface area (Å²) in [6.45, 7) is 5.66. The highest BCUT2D eigenvalue weighted by atomic mass is 32.1. The fourth-order valence-corrected chi connectivity index (χ4v) is 3.18. The molecule has 0 bridgehead atoms. The van der Waals surface area contributed by atoms with Crippen LogP contribution in [0.25, 0.3) is 0 Å². The highest BCUT2D eigenvalue weighted by molar-refractivity contribution is 7.12. The Hall–Kier alpha value is -2.87. The molecule has 1 aromatic heterocycles. The van der Waals surface area contributed by atoms with Gasteiger partial charge >= 0.3 is 5.97 Å². The highest BCUT2D eigenvalue weighted by Gasteiger charge is 2.26. The quantitative estimate of drug-likeness (QED) is 0.642. The maximum absolute atomic E-state index is 12.6. The number of nitrogens with one attached hydrogen (secondary N) is 2. The van der Waals surface area contributed by atoms with Crippen LogP contribution >= 0.6 is 11.3 Å². The summed E-state index contributed by atoms with van der Waals surface area (Å²) in [7, 11) is 0. The van der Waals surface area contributed by atoms with Gasteiger partial charge in [-0.25, -0.2) is 4.79 Å². The third kappa shape index (κ3) is 5.07. The van der Waals surface area contributed by atoms with Crippen LogP contribution in [0.2, 0.25) is 0 Å². The Bertz CT molecular complexity index is 831. The van der Waals surface area contributed by atoms with Gasteiger partial charge in [0, 0.05) is 0 Å². The van der Waals surface area contributed by atoms with E-state index in [2.05, 4.69) is 10.6 Å². The van der Waals surface area contributed by atoms with Crippen LogP contribution in [0, 0.1) is 5.92 Å². The van der Waals surface area contributed by atoms with E-state index in [1.54, 1.807) is 49.6 Å². The molecule has 0 saturated heterocycles. The minimum atomic E-state index is -1.11. The third-order valence-corrected chi connectivity index (χ3v) is 4.68. The fourth-order valence-electron chi connectivity index (χ4n) is 2.43. The number of carbonyl (C=O) groups excluding carboxylic acids is 2. The zero-order valence-corrected chi connectivity index (χ0v) is 16.1. The van der Waals surface area contributed by atoms with Gasteiger partial charge in [0.2, 0.25) is 0 Å². The second-order valence-corrected chi connectivity index (χ2v) is 7.00. The SMILES string of the molecule is CCOc1ccccc1C(=O)Nc1ccsc1C(=O)NC(C(=O)O)C(C)C. The summed E-state index contributed by atoms with van der Waals surface area (Å²) in [6.07, 6.45) is 0. The van der Waals surface area contributed by atoms with Crippen molar-refractivity contribution >= 4 is 34.8 Å². The molecule has 1 unspecified atom stereocenters. The van der Waals surface area contributed by atoms with E-state index in [9.17, 15) is 19.5 Å². The lowest BCUT2D eigenvalue weighted by molar-refractivity contribution is -0.140. The molecule has 1 atom stereocenters. The van der Waals surface area contributed by atoms with E-state index in [-0.39, 0.29) is 10.8 Å². The topological polar surface area (TPSA) is 105 Å². The van der Waals surface area contributed by atoms with Gasteiger partial charge in [0.25, 0.3) is 11.8 Å². The van der Waals surface area contributed by atoms with Gasteiger partial charge in [0.05, 0.1) is 17.9 Å². The number of anilines is 1.